The summed E-state index contributed by atoms with van der Waals surface area (Å²) in [5.41, 5.74) is 1.03. The van der Waals surface area contributed by atoms with Crippen molar-refractivity contribution in [2.45, 2.75) is 40.0 Å². The molecule has 3 fully saturated rings. The zero-order valence-corrected chi connectivity index (χ0v) is 17.7. The Kier molecular flexibility index (Phi) is 5.09. The number of aromatic nitrogens is 2. The van der Waals surface area contributed by atoms with Gasteiger partial charge in [-0.1, -0.05) is 50.7 Å². The number of piperazine rings is 1. The van der Waals surface area contributed by atoms with Crippen molar-refractivity contribution in [1.82, 2.24) is 14.3 Å². The number of rotatable bonds is 5. The summed E-state index contributed by atoms with van der Waals surface area (Å²) in [4.78, 5) is 9.21. The van der Waals surface area contributed by atoms with Crippen LogP contribution in [0.1, 0.15) is 40.0 Å². The average Bonchev–Trinajstić information content (AvgIpc) is 3.30. The second-order valence-corrected chi connectivity index (χ2v) is 9.95. The van der Waals surface area contributed by atoms with Crippen LogP contribution in [0.5, 0.6) is 0 Å². The Morgan fingerprint density at radius 3 is 2.26 bits per heavy atom. The Hall–Kier alpha value is -0.660. The van der Waals surface area contributed by atoms with Gasteiger partial charge in [-0.15, -0.1) is 0 Å². The van der Waals surface area contributed by atoms with Gasteiger partial charge in [-0.2, -0.15) is 18.7 Å². The number of anilines is 1. The van der Waals surface area contributed by atoms with Crippen molar-refractivity contribution in [2.75, 3.05) is 36.8 Å². The van der Waals surface area contributed by atoms with Crippen LogP contribution in [0.25, 0.3) is 0 Å². The fourth-order valence-electron chi connectivity index (χ4n) is 5.68. The number of hydrogen-bond donors (Lipinski definition) is 0. The van der Waals surface area contributed by atoms with Crippen LogP contribution in [0, 0.1) is 34.6 Å². The molecule has 2 saturated carbocycles. The molecule has 0 bridgehead atoms. The Labute approximate surface area is 169 Å². The third-order valence-corrected chi connectivity index (χ3v) is 9.28. The quantitative estimate of drug-likeness (QED) is 0.515. The average molecular weight is 417 g/mol. The summed E-state index contributed by atoms with van der Waals surface area (Å²) in [6, 6.07) is 0. The van der Waals surface area contributed by atoms with Gasteiger partial charge in [0.1, 0.15) is 0 Å². The molecule has 1 aromatic heterocycles. The summed E-state index contributed by atoms with van der Waals surface area (Å²) < 4.78 is 29.5. The molecular weight excluding hydrogens is 390 g/mol. The smallest absolute Gasteiger partial charge is 0.239 e. The summed E-state index contributed by atoms with van der Waals surface area (Å²) >= 11 is 7.41. The minimum atomic E-state index is -0.997. The Morgan fingerprint density at radius 1 is 1.15 bits per heavy atom. The molecule has 150 valence electrons. The van der Waals surface area contributed by atoms with E-state index in [2.05, 4.69) is 35.0 Å². The molecule has 4 rings (SSSR count). The van der Waals surface area contributed by atoms with Gasteiger partial charge in [0.2, 0.25) is 17.8 Å². The van der Waals surface area contributed by atoms with Crippen molar-refractivity contribution < 1.29 is 8.78 Å². The van der Waals surface area contributed by atoms with Crippen LogP contribution in [0.4, 0.5) is 14.7 Å². The molecule has 2 heterocycles. The van der Waals surface area contributed by atoms with E-state index in [0.29, 0.717) is 23.9 Å². The van der Waals surface area contributed by atoms with Crippen molar-refractivity contribution in [2.24, 2.45) is 22.7 Å². The van der Waals surface area contributed by atoms with Crippen molar-refractivity contribution in [3.8, 4) is 0 Å². The largest absolute Gasteiger partial charge is 0.338 e. The van der Waals surface area contributed by atoms with Gasteiger partial charge < -0.3 is 4.90 Å². The Bertz CT molecular complexity index is 707. The fraction of sp³-hybridized carbons (Fsp3) is 0.789. The van der Waals surface area contributed by atoms with Gasteiger partial charge in [-0.05, 0) is 35.5 Å². The zero-order valence-electron chi connectivity index (χ0n) is 16.1. The molecule has 4 unspecified atom stereocenters. The van der Waals surface area contributed by atoms with Crippen LogP contribution in [0.2, 0.25) is 5.02 Å². The fourth-order valence-corrected chi connectivity index (χ4v) is 7.06. The highest BCUT2D eigenvalue weighted by Crippen LogP contribution is 2.79. The lowest BCUT2D eigenvalue weighted by molar-refractivity contribution is 0.0245. The summed E-state index contributed by atoms with van der Waals surface area (Å²) in [5, 5.41) is -0.643. The van der Waals surface area contributed by atoms with E-state index in [0.717, 1.165) is 30.7 Å². The molecule has 27 heavy (non-hydrogen) atoms. The summed E-state index contributed by atoms with van der Waals surface area (Å²) in [7, 11) is 0. The summed E-state index contributed by atoms with van der Waals surface area (Å²) in [6.45, 7) is 10.2. The third-order valence-electron chi connectivity index (χ3n) is 7.47. The maximum Gasteiger partial charge on any atom is 0.239 e. The minimum Gasteiger partial charge on any atom is -0.338 e. The van der Waals surface area contributed by atoms with Gasteiger partial charge in [-0.25, -0.2) is 4.31 Å². The van der Waals surface area contributed by atoms with Gasteiger partial charge in [0, 0.05) is 31.9 Å². The molecule has 3 aliphatic rings. The first-order chi connectivity index (χ1) is 12.8. The molecule has 0 aromatic carbocycles. The van der Waals surface area contributed by atoms with Gasteiger partial charge in [0.05, 0.1) is 0 Å². The SMILES string of the molecule is CCC1C(C)C12CCC2(C)CSN1CCN(c2nc(F)c(Cl)c(F)n2)CC1. The molecule has 1 saturated heterocycles. The molecular formula is C19H27ClF2N4S. The molecule has 1 aliphatic heterocycles. The van der Waals surface area contributed by atoms with Gasteiger partial charge in [0.25, 0.3) is 0 Å². The van der Waals surface area contributed by atoms with E-state index in [-0.39, 0.29) is 5.95 Å². The normalized spacial score (nSPS) is 36.1. The molecule has 0 N–H and O–H groups in total. The second-order valence-electron chi connectivity index (χ2n) is 8.51. The van der Waals surface area contributed by atoms with E-state index in [9.17, 15) is 8.78 Å². The first-order valence-electron chi connectivity index (χ1n) is 9.84. The van der Waals surface area contributed by atoms with E-state index in [1.54, 1.807) is 0 Å². The van der Waals surface area contributed by atoms with E-state index in [1.165, 1.54) is 19.3 Å². The first kappa shape index (κ1) is 19.6. The predicted molar refractivity (Wildman–Crippen MR) is 106 cm³/mol. The van der Waals surface area contributed by atoms with Crippen molar-refractivity contribution in [1.29, 1.82) is 0 Å². The standard InChI is InChI=1S/C19H27ClF2N4S/c1-4-13-12(2)19(13)6-5-18(19,3)11-27-26-9-7-25(8-10-26)17-23-15(21)14(20)16(22)24-17/h12-13H,4-11H2,1-3H3. The van der Waals surface area contributed by atoms with Crippen molar-refractivity contribution in [3.63, 3.8) is 0 Å². The topological polar surface area (TPSA) is 32.3 Å². The van der Waals surface area contributed by atoms with Gasteiger partial charge in [0.15, 0.2) is 5.02 Å². The predicted octanol–water partition coefficient (Wildman–Crippen LogP) is 4.64. The monoisotopic (exact) mass is 416 g/mol. The number of halogens is 3. The van der Waals surface area contributed by atoms with E-state index >= 15 is 0 Å². The van der Waals surface area contributed by atoms with Crippen LogP contribution in [-0.2, 0) is 0 Å². The van der Waals surface area contributed by atoms with Crippen molar-refractivity contribution in [3.05, 3.63) is 16.9 Å². The lowest BCUT2D eigenvalue weighted by Crippen LogP contribution is -2.47. The minimum absolute atomic E-state index is 0.0848. The van der Waals surface area contributed by atoms with Crippen LogP contribution in [0.3, 0.4) is 0 Å². The number of hydrogen-bond acceptors (Lipinski definition) is 5. The van der Waals surface area contributed by atoms with Crippen LogP contribution in [-0.4, -0.2) is 46.2 Å². The Balaban J connectivity index is 1.31. The van der Waals surface area contributed by atoms with Crippen LogP contribution < -0.4 is 4.90 Å². The maximum absolute atomic E-state index is 13.6. The van der Waals surface area contributed by atoms with Crippen LogP contribution in [0.15, 0.2) is 0 Å². The highest BCUT2D eigenvalue weighted by atomic mass is 35.5. The molecule has 0 radical (unpaired) electrons. The lowest BCUT2D eigenvalue weighted by Gasteiger charge is -2.51. The number of nitrogens with zero attached hydrogens (tertiary/aromatic N) is 4. The lowest BCUT2D eigenvalue weighted by atomic mass is 9.57. The van der Waals surface area contributed by atoms with E-state index < -0.39 is 16.9 Å². The molecule has 0 amide bonds. The highest BCUT2D eigenvalue weighted by molar-refractivity contribution is 7.97. The molecule has 8 heteroatoms. The second kappa shape index (κ2) is 6.99. The summed E-state index contributed by atoms with van der Waals surface area (Å²) in [6.07, 6.45) is 4.02. The summed E-state index contributed by atoms with van der Waals surface area (Å²) in [5.74, 6) is 1.02. The van der Waals surface area contributed by atoms with Crippen LogP contribution >= 0.6 is 23.5 Å². The van der Waals surface area contributed by atoms with Crippen molar-refractivity contribution >= 4 is 29.5 Å². The molecule has 4 atom stereocenters. The first-order valence-corrected chi connectivity index (χ1v) is 11.2. The van der Waals surface area contributed by atoms with E-state index in [4.69, 9.17) is 11.6 Å². The molecule has 2 aliphatic carbocycles. The third kappa shape index (κ3) is 3.04. The highest BCUT2D eigenvalue weighted by Gasteiger charge is 2.73. The Morgan fingerprint density at radius 2 is 1.78 bits per heavy atom. The molecule has 1 aromatic rings. The van der Waals surface area contributed by atoms with Gasteiger partial charge in [-0.3, -0.25) is 0 Å². The molecule has 1 spiro atoms. The van der Waals surface area contributed by atoms with E-state index in [1.807, 2.05) is 16.8 Å². The maximum atomic E-state index is 13.6. The molecule has 4 nitrogen and oxygen atoms in total. The zero-order chi connectivity index (χ0) is 19.4. The van der Waals surface area contributed by atoms with Gasteiger partial charge >= 0.3 is 0 Å².